The molecule has 1 N–H and O–H groups in total. The van der Waals surface area contributed by atoms with Gasteiger partial charge in [-0.25, -0.2) is 8.42 Å². The van der Waals surface area contributed by atoms with Crippen molar-refractivity contribution in [2.24, 2.45) is 0 Å². The summed E-state index contributed by atoms with van der Waals surface area (Å²) in [4.78, 5) is 29.3. The van der Waals surface area contributed by atoms with Crippen LogP contribution in [0.25, 0.3) is 0 Å². The first kappa shape index (κ1) is 30.9. The number of amides is 2. The Morgan fingerprint density at radius 2 is 1.50 bits per heavy atom. The second-order valence-electron chi connectivity index (χ2n) is 10.5. The third-order valence-corrected chi connectivity index (χ3v) is 7.93. The Balaban J connectivity index is 2.07. The lowest BCUT2D eigenvalue weighted by atomic mass is 10.0. The van der Waals surface area contributed by atoms with Gasteiger partial charge in [0, 0.05) is 19.5 Å². The molecule has 0 bridgehead atoms. The molecule has 3 aromatic carbocycles. The number of hydrogen-bond acceptors (Lipinski definition) is 4. The van der Waals surface area contributed by atoms with Gasteiger partial charge in [-0.05, 0) is 42.0 Å². The maximum absolute atomic E-state index is 14.2. The zero-order chi connectivity index (χ0) is 29.3. The number of hydrogen-bond donors (Lipinski definition) is 1. The smallest absolute Gasteiger partial charge is 0.244 e. The molecule has 214 valence electrons. The van der Waals surface area contributed by atoms with Crippen LogP contribution in [-0.4, -0.2) is 50.5 Å². The quantitative estimate of drug-likeness (QED) is 0.315. The minimum Gasteiger partial charge on any atom is -0.354 e. The molecule has 0 radical (unpaired) electrons. The predicted molar refractivity (Wildman–Crippen MR) is 162 cm³/mol. The third kappa shape index (κ3) is 8.42. The molecule has 2 amide bonds. The van der Waals surface area contributed by atoms with Gasteiger partial charge in [0.15, 0.2) is 0 Å². The Labute approximate surface area is 239 Å². The van der Waals surface area contributed by atoms with Crippen molar-refractivity contribution in [2.45, 2.75) is 59.0 Å². The van der Waals surface area contributed by atoms with Crippen LogP contribution in [0.1, 0.15) is 55.4 Å². The largest absolute Gasteiger partial charge is 0.354 e. The summed E-state index contributed by atoms with van der Waals surface area (Å²) in [7, 11) is -3.81. The molecule has 0 aromatic heterocycles. The summed E-state index contributed by atoms with van der Waals surface area (Å²) in [6.07, 6.45) is 2.16. The van der Waals surface area contributed by atoms with Crippen molar-refractivity contribution in [1.82, 2.24) is 10.2 Å². The number of aryl methyl sites for hydroxylation is 1. The average molecular weight is 564 g/mol. The molecule has 0 heterocycles. The van der Waals surface area contributed by atoms with E-state index in [1.54, 1.807) is 12.1 Å². The molecule has 0 aliphatic rings. The molecule has 3 rings (SSSR count). The summed E-state index contributed by atoms with van der Waals surface area (Å²) in [5, 5.41) is 2.96. The van der Waals surface area contributed by atoms with E-state index in [9.17, 15) is 18.0 Å². The van der Waals surface area contributed by atoms with Crippen LogP contribution in [0.3, 0.4) is 0 Å². The molecule has 0 fully saturated rings. The van der Waals surface area contributed by atoms with Crippen LogP contribution in [0, 0.1) is 6.92 Å². The fourth-order valence-electron chi connectivity index (χ4n) is 4.61. The SMILES string of the molecule is CCCNC(=O)[C@H](Cc1ccccc1)N(Cc1ccc(C)cc1)C(=O)CN(c1ccccc1C(C)C)S(C)(=O)=O. The van der Waals surface area contributed by atoms with Gasteiger partial charge in [0.25, 0.3) is 0 Å². The van der Waals surface area contributed by atoms with Crippen molar-refractivity contribution in [3.63, 3.8) is 0 Å². The molecule has 0 aliphatic carbocycles. The Kier molecular flexibility index (Phi) is 10.9. The normalized spacial score (nSPS) is 12.2. The zero-order valence-electron chi connectivity index (χ0n) is 24.1. The van der Waals surface area contributed by atoms with Crippen molar-refractivity contribution in [1.29, 1.82) is 0 Å². The molecule has 40 heavy (non-hydrogen) atoms. The molecule has 3 aromatic rings. The van der Waals surface area contributed by atoms with Gasteiger partial charge >= 0.3 is 0 Å². The molecule has 1 atom stereocenters. The summed E-state index contributed by atoms with van der Waals surface area (Å²) in [6.45, 7) is 8.16. The van der Waals surface area contributed by atoms with Gasteiger partial charge in [-0.15, -0.1) is 0 Å². The van der Waals surface area contributed by atoms with Crippen molar-refractivity contribution < 1.29 is 18.0 Å². The lowest BCUT2D eigenvalue weighted by molar-refractivity contribution is -0.140. The van der Waals surface area contributed by atoms with Gasteiger partial charge in [0.1, 0.15) is 12.6 Å². The van der Waals surface area contributed by atoms with E-state index in [0.717, 1.165) is 39.2 Å². The van der Waals surface area contributed by atoms with Crippen LogP contribution in [0.2, 0.25) is 0 Å². The van der Waals surface area contributed by atoms with Crippen LogP contribution in [0.15, 0.2) is 78.9 Å². The van der Waals surface area contributed by atoms with Crippen LogP contribution >= 0.6 is 0 Å². The molecular weight excluding hydrogens is 522 g/mol. The highest BCUT2D eigenvalue weighted by Crippen LogP contribution is 2.29. The fourth-order valence-corrected chi connectivity index (χ4v) is 5.48. The van der Waals surface area contributed by atoms with Crippen molar-refractivity contribution in [2.75, 3.05) is 23.7 Å². The van der Waals surface area contributed by atoms with E-state index in [0.29, 0.717) is 18.7 Å². The van der Waals surface area contributed by atoms with Crippen molar-refractivity contribution in [3.05, 3.63) is 101 Å². The number of carbonyl (C=O) groups excluding carboxylic acids is 2. The number of nitrogens with one attached hydrogen (secondary N) is 1. The highest BCUT2D eigenvalue weighted by atomic mass is 32.2. The number of rotatable bonds is 13. The monoisotopic (exact) mass is 563 g/mol. The average Bonchev–Trinajstić information content (AvgIpc) is 2.93. The summed E-state index contributed by atoms with van der Waals surface area (Å²) in [5.74, 6) is -0.665. The van der Waals surface area contributed by atoms with Gasteiger partial charge in [-0.1, -0.05) is 99.1 Å². The first-order valence-electron chi connectivity index (χ1n) is 13.7. The van der Waals surface area contributed by atoms with E-state index in [4.69, 9.17) is 0 Å². The minimum atomic E-state index is -3.81. The number of para-hydroxylation sites is 1. The number of sulfonamides is 1. The van der Waals surface area contributed by atoms with Crippen LogP contribution < -0.4 is 9.62 Å². The minimum absolute atomic E-state index is 0.0462. The van der Waals surface area contributed by atoms with Crippen LogP contribution in [0.5, 0.6) is 0 Å². The molecule has 7 nitrogen and oxygen atoms in total. The van der Waals surface area contributed by atoms with Crippen LogP contribution in [-0.2, 0) is 32.6 Å². The summed E-state index contributed by atoms with van der Waals surface area (Å²) in [5.41, 5.74) is 4.14. The van der Waals surface area contributed by atoms with Gasteiger partial charge in [-0.3, -0.25) is 13.9 Å². The fraction of sp³-hybridized carbons (Fsp3) is 0.375. The van der Waals surface area contributed by atoms with Gasteiger partial charge in [0.2, 0.25) is 21.8 Å². The number of nitrogens with zero attached hydrogens (tertiary/aromatic N) is 2. The Morgan fingerprint density at radius 1 is 0.875 bits per heavy atom. The maximum Gasteiger partial charge on any atom is 0.244 e. The molecule has 0 saturated heterocycles. The first-order valence-corrected chi connectivity index (χ1v) is 15.6. The first-order chi connectivity index (χ1) is 19.0. The maximum atomic E-state index is 14.2. The Hall–Kier alpha value is -3.65. The Morgan fingerprint density at radius 3 is 2.10 bits per heavy atom. The molecule has 8 heteroatoms. The van der Waals surface area contributed by atoms with E-state index < -0.39 is 28.5 Å². The van der Waals surface area contributed by atoms with Crippen LogP contribution in [0.4, 0.5) is 5.69 Å². The second kappa shape index (κ2) is 14.1. The number of benzene rings is 3. The molecule has 0 spiro atoms. The molecule has 0 saturated carbocycles. The number of carbonyl (C=O) groups is 2. The molecule has 0 aliphatic heterocycles. The second-order valence-corrected chi connectivity index (χ2v) is 12.4. The molecular formula is C32H41N3O4S. The van der Waals surface area contributed by atoms with E-state index in [1.807, 2.05) is 94.4 Å². The molecule has 0 unspecified atom stereocenters. The van der Waals surface area contributed by atoms with E-state index in [1.165, 1.54) is 4.90 Å². The summed E-state index contributed by atoms with van der Waals surface area (Å²) >= 11 is 0. The van der Waals surface area contributed by atoms with Crippen molar-refractivity contribution >= 4 is 27.5 Å². The standard InChI is InChI=1S/C32H41N3O4S/c1-6-20-33-32(37)30(21-26-12-8-7-9-13-26)34(22-27-18-16-25(4)17-19-27)31(36)23-35(40(5,38)39)29-15-11-10-14-28(29)24(2)3/h7-19,24,30H,6,20-23H2,1-5H3,(H,33,37)/t30-/m0/s1. The van der Waals surface area contributed by atoms with Crippen molar-refractivity contribution in [3.8, 4) is 0 Å². The lowest BCUT2D eigenvalue weighted by Gasteiger charge is -2.34. The highest BCUT2D eigenvalue weighted by Gasteiger charge is 2.33. The van der Waals surface area contributed by atoms with E-state index >= 15 is 0 Å². The van der Waals surface area contributed by atoms with Gasteiger partial charge < -0.3 is 10.2 Å². The summed E-state index contributed by atoms with van der Waals surface area (Å²) < 4.78 is 27.3. The van der Waals surface area contributed by atoms with Gasteiger partial charge in [0.05, 0.1) is 11.9 Å². The topological polar surface area (TPSA) is 86.8 Å². The Bertz CT molecular complexity index is 1370. The predicted octanol–water partition coefficient (Wildman–Crippen LogP) is 5.05. The summed E-state index contributed by atoms with van der Waals surface area (Å²) in [6, 6.07) is 23.7. The number of anilines is 1. The zero-order valence-corrected chi connectivity index (χ0v) is 24.9. The highest BCUT2D eigenvalue weighted by molar-refractivity contribution is 7.92. The third-order valence-electron chi connectivity index (χ3n) is 6.80. The lowest BCUT2D eigenvalue weighted by Crippen LogP contribution is -2.53. The van der Waals surface area contributed by atoms with E-state index in [2.05, 4.69) is 5.32 Å². The van der Waals surface area contributed by atoms with E-state index in [-0.39, 0.29) is 18.4 Å². The van der Waals surface area contributed by atoms with Gasteiger partial charge in [-0.2, -0.15) is 0 Å².